The van der Waals surface area contributed by atoms with Gasteiger partial charge in [-0.25, -0.2) is 4.39 Å². The molecule has 0 amide bonds. The van der Waals surface area contributed by atoms with E-state index >= 15 is 0 Å². The first kappa shape index (κ1) is 17.1. The smallest absolute Gasteiger partial charge is 0.387 e. The number of hydrogen-bond donors (Lipinski definition) is 2. The van der Waals surface area contributed by atoms with E-state index in [4.69, 9.17) is 0 Å². The standard InChI is InChI=1S/C14H20F3N3O/c1-14(2,3)20-13(18-4)19-8-9-10(15)6-5-7-11(9)21-12(16)17/h5-7,12H,8H2,1-4H3,(H2,18,19,20). The van der Waals surface area contributed by atoms with Crippen LogP contribution in [0.15, 0.2) is 23.2 Å². The number of halogens is 3. The number of rotatable bonds is 4. The molecule has 4 nitrogen and oxygen atoms in total. The summed E-state index contributed by atoms with van der Waals surface area (Å²) < 4.78 is 42.7. The van der Waals surface area contributed by atoms with Crippen LogP contribution < -0.4 is 15.4 Å². The fourth-order valence-electron chi connectivity index (χ4n) is 1.62. The molecule has 2 N–H and O–H groups in total. The molecule has 0 aliphatic carbocycles. The quantitative estimate of drug-likeness (QED) is 0.664. The van der Waals surface area contributed by atoms with E-state index in [-0.39, 0.29) is 23.4 Å². The predicted octanol–water partition coefficient (Wildman–Crippen LogP) is 2.89. The number of benzene rings is 1. The van der Waals surface area contributed by atoms with Gasteiger partial charge in [0, 0.05) is 24.7 Å². The van der Waals surface area contributed by atoms with Crippen molar-refractivity contribution < 1.29 is 17.9 Å². The minimum absolute atomic E-state index is 0.0228. The third kappa shape index (κ3) is 5.93. The number of nitrogens with one attached hydrogen (secondary N) is 2. The fraction of sp³-hybridized carbons (Fsp3) is 0.500. The second-order valence-electron chi connectivity index (χ2n) is 5.40. The molecule has 1 aromatic rings. The van der Waals surface area contributed by atoms with Crippen molar-refractivity contribution >= 4 is 5.96 Å². The fourth-order valence-corrected chi connectivity index (χ4v) is 1.62. The lowest BCUT2D eigenvalue weighted by molar-refractivity contribution is -0.0506. The van der Waals surface area contributed by atoms with E-state index in [0.717, 1.165) is 0 Å². The number of ether oxygens (including phenoxy) is 1. The molecule has 0 heterocycles. The lowest BCUT2D eigenvalue weighted by Crippen LogP contribution is -2.47. The number of hydrogen-bond acceptors (Lipinski definition) is 2. The summed E-state index contributed by atoms with van der Waals surface area (Å²) in [4.78, 5) is 3.99. The van der Waals surface area contributed by atoms with E-state index in [2.05, 4.69) is 20.4 Å². The highest BCUT2D eigenvalue weighted by molar-refractivity contribution is 5.80. The second-order valence-corrected chi connectivity index (χ2v) is 5.40. The van der Waals surface area contributed by atoms with E-state index in [0.29, 0.717) is 5.96 Å². The van der Waals surface area contributed by atoms with Crippen LogP contribution in [0.5, 0.6) is 5.75 Å². The highest BCUT2D eigenvalue weighted by Gasteiger charge is 2.16. The zero-order valence-electron chi connectivity index (χ0n) is 12.5. The first-order valence-electron chi connectivity index (χ1n) is 6.44. The number of aliphatic imine (C=N–C) groups is 1. The van der Waals surface area contributed by atoms with Gasteiger partial charge in [0.15, 0.2) is 5.96 Å². The van der Waals surface area contributed by atoms with Crippen molar-refractivity contribution in [2.75, 3.05) is 7.05 Å². The Morgan fingerprint density at radius 1 is 1.33 bits per heavy atom. The molecule has 0 bridgehead atoms. The van der Waals surface area contributed by atoms with Crippen LogP contribution in [-0.2, 0) is 6.54 Å². The summed E-state index contributed by atoms with van der Waals surface area (Å²) in [5.41, 5.74) is -0.214. The lowest BCUT2D eigenvalue weighted by Gasteiger charge is -2.24. The largest absolute Gasteiger partial charge is 0.434 e. The van der Waals surface area contributed by atoms with Gasteiger partial charge in [0.05, 0.1) is 0 Å². The monoisotopic (exact) mass is 303 g/mol. The SMILES string of the molecule is CN=C(NCc1c(F)cccc1OC(F)F)NC(C)(C)C. The molecule has 0 unspecified atom stereocenters. The predicted molar refractivity (Wildman–Crippen MR) is 76.1 cm³/mol. The third-order valence-electron chi connectivity index (χ3n) is 2.44. The van der Waals surface area contributed by atoms with Crippen molar-refractivity contribution in [2.45, 2.75) is 39.5 Å². The summed E-state index contributed by atoms with van der Waals surface area (Å²) in [6.07, 6.45) is 0. The molecular formula is C14H20F3N3O. The Balaban J connectivity index is 2.83. The van der Waals surface area contributed by atoms with E-state index in [9.17, 15) is 13.2 Å². The van der Waals surface area contributed by atoms with Gasteiger partial charge in [0.2, 0.25) is 0 Å². The molecule has 0 radical (unpaired) electrons. The zero-order chi connectivity index (χ0) is 16.0. The molecule has 21 heavy (non-hydrogen) atoms. The molecule has 0 aliphatic rings. The first-order valence-corrected chi connectivity index (χ1v) is 6.44. The van der Waals surface area contributed by atoms with Gasteiger partial charge in [0.1, 0.15) is 11.6 Å². The van der Waals surface area contributed by atoms with Gasteiger partial charge < -0.3 is 15.4 Å². The van der Waals surface area contributed by atoms with Crippen molar-refractivity contribution in [1.29, 1.82) is 0 Å². The molecule has 0 saturated carbocycles. The Kier molecular flexibility index (Phi) is 5.87. The normalized spacial score (nSPS) is 12.5. The van der Waals surface area contributed by atoms with Crippen molar-refractivity contribution in [1.82, 2.24) is 10.6 Å². The van der Waals surface area contributed by atoms with Crippen molar-refractivity contribution in [3.8, 4) is 5.75 Å². The maximum absolute atomic E-state index is 13.8. The van der Waals surface area contributed by atoms with Gasteiger partial charge in [-0.05, 0) is 32.9 Å². The van der Waals surface area contributed by atoms with Crippen LogP contribution in [0.25, 0.3) is 0 Å². The number of nitrogens with zero attached hydrogens (tertiary/aromatic N) is 1. The Morgan fingerprint density at radius 3 is 2.52 bits per heavy atom. The minimum atomic E-state index is -3.00. The number of alkyl halides is 2. The number of guanidine groups is 1. The molecule has 7 heteroatoms. The Bertz CT molecular complexity index is 499. The van der Waals surface area contributed by atoms with Gasteiger partial charge in [-0.2, -0.15) is 8.78 Å². The minimum Gasteiger partial charge on any atom is -0.434 e. The maximum atomic E-state index is 13.8. The van der Waals surface area contributed by atoms with Crippen LogP contribution in [0.3, 0.4) is 0 Å². The average molecular weight is 303 g/mol. The molecule has 0 saturated heterocycles. The van der Waals surface area contributed by atoms with Crippen molar-refractivity contribution in [3.05, 3.63) is 29.6 Å². The van der Waals surface area contributed by atoms with E-state index in [1.165, 1.54) is 18.2 Å². The first-order chi connectivity index (χ1) is 9.73. The van der Waals surface area contributed by atoms with Crippen molar-refractivity contribution in [3.63, 3.8) is 0 Å². The van der Waals surface area contributed by atoms with E-state index < -0.39 is 12.4 Å². The Hall–Kier alpha value is -1.92. The maximum Gasteiger partial charge on any atom is 0.387 e. The molecule has 0 fully saturated rings. The van der Waals surface area contributed by atoms with Crippen LogP contribution in [0.4, 0.5) is 13.2 Å². The summed E-state index contributed by atoms with van der Waals surface area (Å²) >= 11 is 0. The molecule has 0 aliphatic heterocycles. The molecule has 0 spiro atoms. The highest BCUT2D eigenvalue weighted by Crippen LogP contribution is 2.23. The van der Waals surface area contributed by atoms with Crippen LogP contribution >= 0.6 is 0 Å². The summed E-state index contributed by atoms with van der Waals surface area (Å²) in [7, 11) is 1.57. The Morgan fingerprint density at radius 2 is 2.00 bits per heavy atom. The summed E-state index contributed by atoms with van der Waals surface area (Å²) in [6.45, 7) is 2.79. The summed E-state index contributed by atoms with van der Waals surface area (Å²) in [5, 5.41) is 5.95. The highest BCUT2D eigenvalue weighted by atomic mass is 19.3. The molecule has 118 valence electrons. The van der Waals surface area contributed by atoms with Crippen LogP contribution in [0.1, 0.15) is 26.3 Å². The second kappa shape index (κ2) is 7.19. The van der Waals surface area contributed by atoms with Gasteiger partial charge in [0.25, 0.3) is 0 Å². The van der Waals surface area contributed by atoms with Gasteiger partial charge in [-0.15, -0.1) is 0 Å². The van der Waals surface area contributed by atoms with Gasteiger partial charge in [-0.1, -0.05) is 6.07 Å². The van der Waals surface area contributed by atoms with Crippen LogP contribution in [0.2, 0.25) is 0 Å². The van der Waals surface area contributed by atoms with Crippen LogP contribution in [0, 0.1) is 5.82 Å². The summed E-state index contributed by atoms with van der Waals surface area (Å²) in [6, 6.07) is 3.81. The summed E-state index contributed by atoms with van der Waals surface area (Å²) in [5.74, 6) is -0.371. The van der Waals surface area contributed by atoms with Gasteiger partial charge >= 0.3 is 6.61 Å². The lowest BCUT2D eigenvalue weighted by atomic mass is 10.1. The van der Waals surface area contributed by atoms with Gasteiger partial charge in [-0.3, -0.25) is 4.99 Å². The topological polar surface area (TPSA) is 45.7 Å². The molecule has 0 aromatic heterocycles. The molecular weight excluding hydrogens is 283 g/mol. The van der Waals surface area contributed by atoms with Crippen molar-refractivity contribution in [2.24, 2.45) is 4.99 Å². The molecule has 0 atom stereocenters. The molecule has 1 rings (SSSR count). The van der Waals surface area contributed by atoms with E-state index in [1.807, 2.05) is 20.8 Å². The van der Waals surface area contributed by atoms with Crippen LogP contribution in [-0.4, -0.2) is 25.2 Å². The zero-order valence-corrected chi connectivity index (χ0v) is 12.5. The van der Waals surface area contributed by atoms with E-state index in [1.54, 1.807) is 7.05 Å². The molecule has 1 aromatic carbocycles. The third-order valence-corrected chi connectivity index (χ3v) is 2.44. The average Bonchev–Trinajstić information content (AvgIpc) is 2.34. The Labute approximate surface area is 122 Å².